The van der Waals surface area contributed by atoms with Crippen LogP contribution >= 0.6 is 22.9 Å². The van der Waals surface area contributed by atoms with E-state index >= 15 is 0 Å². The molecule has 1 saturated heterocycles. The molecule has 1 aromatic heterocycles. The molecule has 1 aliphatic heterocycles. The summed E-state index contributed by atoms with van der Waals surface area (Å²) in [7, 11) is -1.72. The SMILES string of the molecule is COCC1CCCN(S(=O)(=O)c2csc(CCl)c2)C1. The molecule has 19 heavy (non-hydrogen) atoms. The molecule has 0 aromatic carbocycles. The van der Waals surface area contributed by atoms with E-state index in [4.69, 9.17) is 16.3 Å². The quantitative estimate of drug-likeness (QED) is 0.782. The van der Waals surface area contributed by atoms with Gasteiger partial charge in [-0.2, -0.15) is 4.31 Å². The Bertz CT molecular complexity index is 513. The van der Waals surface area contributed by atoms with Gasteiger partial charge < -0.3 is 4.74 Å². The topological polar surface area (TPSA) is 46.6 Å². The van der Waals surface area contributed by atoms with Crippen LogP contribution in [0.3, 0.4) is 0 Å². The number of hydrogen-bond acceptors (Lipinski definition) is 4. The fourth-order valence-corrected chi connectivity index (χ4v) is 5.26. The van der Waals surface area contributed by atoms with Crippen molar-refractivity contribution >= 4 is 33.0 Å². The van der Waals surface area contributed by atoms with E-state index < -0.39 is 10.0 Å². The molecule has 0 aliphatic carbocycles. The van der Waals surface area contributed by atoms with Crippen LogP contribution in [0.5, 0.6) is 0 Å². The van der Waals surface area contributed by atoms with Crippen LogP contribution in [0.4, 0.5) is 0 Å². The molecule has 1 unspecified atom stereocenters. The van der Waals surface area contributed by atoms with Gasteiger partial charge in [0.25, 0.3) is 0 Å². The van der Waals surface area contributed by atoms with Gasteiger partial charge in [0.15, 0.2) is 0 Å². The van der Waals surface area contributed by atoms with Crippen molar-refractivity contribution in [2.75, 3.05) is 26.8 Å². The molecule has 1 atom stereocenters. The summed E-state index contributed by atoms with van der Waals surface area (Å²) in [5.41, 5.74) is 0. The maximum atomic E-state index is 12.5. The molecule has 1 aliphatic rings. The Morgan fingerprint density at radius 2 is 2.37 bits per heavy atom. The number of nitrogens with zero attached hydrogens (tertiary/aromatic N) is 1. The molecule has 1 fully saturated rings. The van der Waals surface area contributed by atoms with Crippen molar-refractivity contribution in [3.8, 4) is 0 Å². The number of methoxy groups -OCH3 is 1. The van der Waals surface area contributed by atoms with E-state index in [1.807, 2.05) is 0 Å². The Labute approximate surface area is 123 Å². The lowest BCUT2D eigenvalue weighted by Gasteiger charge is -2.31. The number of halogens is 1. The monoisotopic (exact) mass is 323 g/mol. The summed E-state index contributed by atoms with van der Waals surface area (Å²) in [6.07, 6.45) is 1.91. The van der Waals surface area contributed by atoms with Crippen LogP contribution in [0.25, 0.3) is 0 Å². The summed E-state index contributed by atoms with van der Waals surface area (Å²) < 4.78 is 31.7. The van der Waals surface area contributed by atoms with E-state index in [0.29, 0.717) is 36.4 Å². The Morgan fingerprint density at radius 1 is 1.58 bits per heavy atom. The van der Waals surface area contributed by atoms with Gasteiger partial charge in [0.1, 0.15) is 0 Å². The summed E-state index contributed by atoms with van der Waals surface area (Å²) in [5, 5.41) is 1.67. The van der Waals surface area contributed by atoms with Gasteiger partial charge in [-0.1, -0.05) is 0 Å². The van der Waals surface area contributed by atoms with Crippen LogP contribution in [-0.2, 0) is 20.6 Å². The third kappa shape index (κ3) is 3.49. The molecule has 2 rings (SSSR count). The maximum absolute atomic E-state index is 12.5. The summed E-state index contributed by atoms with van der Waals surface area (Å²) in [4.78, 5) is 1.25. The van der Waals surface area contributed by atoms with Crippen molar-refractivity contribution < 1.29 is 13.2 Å². The van der Waals surface area contributed by atoms with Gasteiger partial charge in [0, 0.05) is 30.5 Å². The molecule has 1 aromatic rings. The normalized spacial score (nSPS) is 21.7. The van der Waals surface area contributed by atoms with Crippen LogP contribution in [0.15, 0.2) is 16.3 Å². The largest absolute Gasteiger partial charge is 0.384 e. The number of rotatable bonds is 5. The van der Waals surface area contributed by atoms with Gasteiger partial charge in [-0.3, -0.25) is 0 Å². The van der Waals surface area contributed by atoms with E-state index in [9.17, 15) is 8.42 Å². The number of piperidine rings is 1. The Kier molecular flexibility index (Phi) is 5.25. The van der Waals surface area contributed by atoms with E-state index in [1.54, 1.807) is 22.9 Å². The molecule has 108 valence electrons. The van der Waals surface area contributed by atoms with E-state index in [2.05, 4.69) is 0 Å². The first-order valence-electron chi connectivity index (χ1n) is 6.20. The molecule has 4 nitrogen and oxygen atoms in total. The molecule has 0 spiro atoms. The highest BCUT2D eigenvalue weighted by Crippen LogP contribution is 2.27. The van der Waals surface area contributed by atoms with Crippen LogP contribution in [0.1, 0.15) is 17.7 Å². The Morgan fingerprint density at radius 3 is 3.00 bits per heavy atom. The second kappa shape index (κ2) is 6.54. The third-order valence-electron chi connectivity index (χ3n) is 3.28. The zero-order valence-corrected chi connectivity index (χ0v) is 13.2. The number of hydrogen-bond donors (Lipinski definition) is 0. The summed E-state index contributed by atoms with van der Waals surface area (Å²) in [6.45, 7) is 1.75. The van der Waals surface area contributed by atoms with Crippen LogP contribution in [-0.4, -0.2) is 39.5 Å². The van der Waals surface area contributed by atoms with Gasteiger partial charge in [0.05, 0.1) is 17.4 Å². The van der Waals surface area contributed by atoms with E-state index in [1.165, 1.54) is 11.3 Å². The minimum absolute atomic E-state index is 0.291. The van der Waals surface area contributed by atoms with Gasteiger partial charge in [-0.25, -0.2) is 8.42 Å². The fourth-order valence-electron chi connectivity index (χ4n) is 2.33. The van der Waals surface area contributed by atoms with Gasteiger partial charge in [-0.15, -0.1) is 22.9 Å². The standard InChI is InChI=1S/C12H18ClNO3S2/c1-17-8-10-3-2-4-14(7-10)19(15,16)12-5-11(6-13)18-9-12/h5,9-10H,2-4,6-8H2,1H3. The average molecular weight is 324 g/mol. The number of alkyl halides is 1. The molecule has 0 radical (unpaired) electrons. The highest BCUT2D eigenvalue weighted by Gasteiger charge is 2.30. The smallest absolute Gasteiger partial charge is 0.243 e. The lowest BCUT2D eigenvalue weighted by atomic mass is 10.0. The molecule has 0 saturated carbocycles. The van der Waals surface area contributed by atoms with Crippen molar-refractivity contribution in [1.29, 1.82) is 0 Å². The first-order chi connectivity index (χ1) is 9.07. The first kappa shape index (κ1) is 15.3. The Balaban J connectivity index is 2.14. The highest BCUT2D eigenvalue weighted by molar-refractivity contribution is 7.89. The van der Waals surface area contributed by atoms with E-state index in [0.717, 1.165) is 17.7 Å². The molecular weight excluding hydrogens is 306 g/mol. The summed E-state index contributed by atoms with van der Waals surface area (Å²) in [6, 6.07) is 1.67. The number of thiophene rings is 1. The van der Waals surface area contributed by atoms with Gasteiger partial charge >= 0.3 is 0 Å². The average Bonchev–Trinajstić information content (AvgIpc) is 2.89. The number of ether oxygens (including phenoxy) is 1. The van der Waals surface area contributed by atoms with Crippen molar-refractivity contribution in [1.82, 2.24) is 4.31 Å². The molecule has 7 heteroatoms. The summed E-state index contributed by atoms with van der Waals surface area (Å²) >= 11 is 7.11. The first-order valence-corrected chi connectivity index (χ1v) is 9.06. The third-order valence-corrected chi connectivity index (χ3v) is 6.66. The second-order valence-electron chi connectivity index (χ2n) is 4.71. The van der Waals surface area contributed by atoms with Crippen molar-refractivity contribution in [2.45, 2.75) is 23.6 Å². The molecule has 2 heterocycles. The van der Waals surface area contributed by atoms with Crippen molar-refractivity contribution in [2.24, 2.45) is 5.92 Å². The minimum Gasteiger partial charge on any atom is -0.384 e. The van der Waals surface area contributed by atoms with Crippen molar-refractivity contribution in [3.05, 3.63) is 16.3 Å². The van der Waals surface area contributed by atoms with Crippen LogP contribution in [0, 0.1) is 5.92 Å². The lowest BCUT2D eigenvalue weighted by molar-refractivity contribution is 0.118. The predicted octanol–water partition coefficient (Wildman–Crippen LogP) is 2.53. The number of sulfonamides is 1. The predicted molar refractivity (Wildman–Crippen MR) is 77.2 cm³/mol. The van der Waals surface area contributed by atoms with Gasteiger partial charge in [-0.05, 0) is 24.8 Å². The second-order valence-corrected chi connectivity index (χ2v) is 7.91. The van der Waals surface area contributed by atoms with Crippen LogP contribution in [0.2, 0.25) is 0 Å². The Hall–Kier alpha value is -0.140. The van der Waals surface area contributed by atoms with Crippen molar-refractivity contribution in [3.63, 3.8) is 0 Å². The van der Waals surface area contributed by atoms with E-state index in [-0.39, 0.29) is 0 Å². The lowest BCUT2D eigenvalue weighted by Crippen LogP contribution is -2.40. The van der Waals surface area contributed by atoms with Gasteiger partial charge in [0.2, 0.25) is 10.0 Å². The molecular formula is C12H18ClNO3S2. The highest BCUT2D eigenvalue weighted by atomic mass is 35.5. The molecule has 0 N–H and O–H groups in total. The molecule has 0 bridgehead atoms. The zero-order valence-electron chi connectivity index (χ0n) is 10.8. The minimum atomic E-state index is -3.37. The zero-order chi connectivity index (χ0) is 13.9. The van der Waals surface area contributed by atoms with Crippen LogP contribution < -0.4 is 0 Å². The summed E-state index contributed by atoms with van der Waals surface area (Å²) in [5.74, 6) is 0.645. The maximum Gasteiger partial charge on any atom is 0.243 e. The fraction of sp³-hybridized carbons (Fsp3) is 0.667. The molecule has 0 amide bonds.